The third-order valence-corrected chi connectivity index (χ3v) is 16.9. The summed E-state index contributed by atoms with van der Waals surface area (Å²) in [4.78, 5) is 248. The molecule has 0 aromatic carbocycles. The summed E-state index contributed by atoms with van der Waals surface area (Å²) < 4.78 is 0. The maximum absolute atomic E-state index is 14.0. The van der Waals surface area contributed by atoms with Crippen LogP contribution in [0.2, 0.25) is 0 Å². The Balaban J connectivity index is 5.27. The molecule has 0 aromatic heterocycles. The van der Waals surface area contributed by atoms with Crippen molar-refractivity contribution in [1.29, 1.82) is 0 Å². The second-order valence-corrected chi connectivity index (χ2v) is 27.4. The van der Waals surface area contributed by atoms with Crippen LogP contribution in [0.1, 0.15) is 132 Å². The molecule has 0 aliphatic heterocycles. The van der Waals surface area contributed by atoms with Crippen molar-refractivity contribution in [2.75, 3.05) is 149 Å². The van der Waals surface area contributed by atoms with Crippen molar-refractivity contribution in [3.63, 3.8) is 0 Å². The number of hydrogen-bond donors (Lipinski definition) is 5. The first kappa shape index (κ1) is 92.7. The third-order valence-electron chi connectivity index (χ3n) is 16.9. The number of Topliss-reactive ketones (excluding diaryl/α,β-unsaturated/α-hetero) is 5. The standard InChI is InChI=1S/C68H115N15O19/c1-43(2)29-49(53(87)30-47(24-25-66(100)101)52(86)31-48(67(102)45(5)6)21-18-19-27-72-68(69)70)32-51(85)46(7)73-55(89)33-74(8)57(91)35-76(10)59(93)37-78(12)61(95)39-80(14)63(97)41-82(16)65(99)42-83(17)64(98)40-81(15)62(96)38-79(13)60(94)36-77(11)58(92)34-75(9)56(90)26-28-71-54(88)23-20-22-50(84)44(3)4/h43-49H,18-42H2,1-17H3,(H,71,88)(H,73,89)(H,100,101)(H4,69,70,72). The largest absolute Gasteiger partial charge is 0.481 e. The van der Waals surface area contributed by atoms with E-state index in [0.717, 1.165) is 49.0 Å². The highest BCUT2D eigenvalue weighted by Gasteiger charge is 2.34. The first-order chi connectivity index (χ1) is 47.3. The van der Waals surface area contributed by atoms with Gasteiger partial charge in [0.15, 0.2) is 11.7 Å². The predicted molar refractivity (Wildman–Crippen MR) is 375 cm³/mol. The molecule has 34 nitrogen and oxygen atoms in total. The van der Waals surface area contributed by atoms with E-state index in [1.165, 1.54) is 77.4 Å². The molecule has 0 radical (unpaired) electrons. The average molecular weight is 1450 g/mol. The molecular formula is C68H115N15O19. The first-order valence-corrected chi connectivity index (χ1v) is 34.2. The zero-order valence-electron chi connectivity index (χ0n) is 63.1. The number of unbranched alkanes of at least 4 members (excludes halogenated alkanes) is 1. The van der Waals surface area contributed by atoms with E-state index < -0.39 is 183 Å². The number of nitrogens with zero attached hydrogens (tertiary/aromatic N) is 11. The van der Waals surface area contributed by atoms with Gasteiger partial charge in [0.2, 0.25) is 70.9 Å². The average Bonchev–Trinajstić information content (AvgIpc) is 0.872. The number of carbonyl (C=O) groups excluding carboxylic acids is 17. The fourth-order valence-electron chi connectivity index (χ4n) is 10.0. The van der Waals surface area contributed by atoms with Crippen LogP contribution in [0.3, 0.4) is 0 Å². The maximum atomic E-state index is 14.0. The number of nitrogens with two attached hydrogens (primary N) is 2. The van der Waals surface area contributed by atoms with Crippen molar-refractivity contribution in [3.05, 3.63) is 0 Å². The Hall–Kier alpha value is -9.27. The minimum Gasteiger partial charge on any atom is -0.481 e. The van der Waals surface area contributed by atoms with Crippen molar-refractivity contribution < 1.29 is 91.4 Å². The molecule has 12 amide bonds. The summed E-state index contributed by atoms with van der Waals surface area (Å²) in [7, 11) is 13.1. The Labute approximate surface area is 599 Å². The molecule has 576 valence electrons. The molecule has 0 bridgehead atoms. The molecule has 0 spiro atoms. The molecule has 0 heterocycles. The van der Waals surface area contributed by atoms with E-state index in [1.807, 2.05) is 13.8 Å². The summed E-state index contributed by atoms with van der Waals surface area (Å²) in [6, 6.07) is -1.14. The van der Waals surface area contributed by atoms with Crippen LogP contribution < -0.4 is 22.1 Å². The predicted octanol–water partition coefficient (Wildman–Crippen LogP) is -1.72. The second kappa shape index (κ2) is 47.0. The molecule has 0 aliphatic carbocycles. The van der Waals surface area contributed by atoms with Crippen LogP contribution in [0.15, 0.2) is 4.99 Å². The van der Waals surface area contributed by atoms with Crippen molar-refractivity contribution >= 4 is 112 Å². The van der Waals surface area contributed by atoms with Gasteiger partial charge in [0, 0.05) is 158 Å². The molecule has 0 aliphatic rings. The minimum absolute atomic E-state index is 0.0231. The van der Waals surface area contributed by atoms with E-state index in [0.29, 0.717) is 32.2 Å². The van der Waals surface area contributed by atoms with Crippen molar-refractivity contribution in [2.45, 2.75) is 138 Å². The molecule has 4 unspecified atom stereocenters. The molecule has 34 heteroatoms. The van der Waals surface area contributed by atoms with E-state index in [4.69, 9.17) is 11.5 Å². The number of guanidine groups is 1. The van der Waals surface area contributed by atoms with Gasteiger partial charge in [-0.2, -0.15) is 0 Å². The van der Waals surface area contributed by atoms with Gasteiger partial charge in [0.25, 0.3) is 0 Å². The Bertz CT molecular complexity index is 2990. The number of aliphatic carboxylic acids is 1. The van der Waals surface area contributed by atoms with Crippen LogP contribution in [0.5, 0.6) is 0 Å². The summed E-state index contributed by atoms with van der Waals surface area (Å²) in [5.74, 6) is -13.5. The lowest BCUT2D eigenvalue weighted by atomic mass is 9.79. The van der Waals surface area contributed by atoms with E-state index in [1.54, 1.807) is 27.7 Å². The van der Waals surface area contributed by atoms with Gasteiger partial charge in [-0.3, -0.25) is 91.3 Å². The number of carboxylic acid groups (broad SMARTS) is 1. The zero-order valence-corrected chi connectivity index (χ0v) is 63.1. The van der Waals surface area contributed by atoms with Crippen LogP contribution in [-0.2, 0) is 86.3 Å². The third kappa shape index (κ3) is 37.4. The number of carbonyl (C=O) groups is 18. The van der Waals surface area contributed by atoms with E-state index in [2.05, 4.69) is 15.6 Å². The van der Waals surface area contributed by atoms with Crippen LogP contribution in [0, 0.1) is 35.5 Å². The van der Waals surface area contributed by atoms with Crippen molar-refractivity contribution in [3.8, 4) is 0 Å². The number of aliphatic imine (C=N–C) groups is 1. The summed E-state index contributed by atoms with van der Waals surface area (Å²) in [5, 5.41) is 14.7. The summed E-state index contributed by atoms with van der Waals surface area (Å²) in [5.41, 5.74) is 10.8. The topological polar surface area (TPSA) is 448 Å². The van der Waals surface area contributed by atoms with Crippen molar-refractivity contribution in [2.24, 2.45) is 52.0 Å². The lowest BCUT2D eigenvalue weighted by molar-refractivity contribution is -0.146. The van der Waals surface area contributed by atoms with Crippen molar-refractivity contribution in [1.82, 2.24) is 59.6 Å². The quantitative estimate of drug-likeness (QED) is 0.0257. The number of ketones is 5. The number of hydrogen-bond acceptors (Lipinski definition) is 19. The summed E-state index contributed by atoms with van der Waals surface area (Å²) >= 11 is 0. The van der Waals surface area contributed by atoms with Crippen LogP contribution >= 0.6 is 0 Å². The molecule has 0 saturated carbocycles. The van der Waals surface area contributed by atoms with Gasteiger partial charge in [0.1, 0.15) is 23.1 Å². The highest BCUT2D eigenvalue weighted by Crippen LogP contribution is 2.28. The summed E-state index contributed by atoms with van der Waals surface area (Å²) in [6.45, 7) is 7.41. The monoisotopic (exact) mass is 1450 g/mol. The highest BCUT2D eigenvalue weighted by atomic mass is 16.4. The van der Waals surface area contributed by atoms with E-state index >= 15 is 0 Å². The molecule has 0 fully saturated rings. The normalized spacial score (nSPS) is 12.1. The van der Waals surface area contributed by atoms with Crippen LogP contribution in [-0.4, -0.2) is 321 Å². The van der Waals surface area contributed by atoms with Gasteiger partial charge in [0.05, 0.1) is 71.5 Å². The SMILES string of the molecule is CC(C)CC(CC(=O)C(C)NC(=O)CN(C)C(=O)CN(C)C(=O)CN(C)C(=O)CN(C)C(=O)CN(C)C(=O)CN(C)C(=O)CN(C)C(=O)CN(C)C(=O)CN(C)C(=O)CN(C)C(=O)CCNC(=O)CCCC(=O)C(C)C)C(=O)CC(CCC(=O)O)C(=O)CC(CCCCN=C(N)N)C(=O)C(C)C. The number of carboxylic acids is 1. The highest BCUT2D eigenvalue weighted by molar-refractivity contribution is 5.98. The number of rotatable bonds is 50. The molecule has 4 atom stereocenters. The molecule has 0 saturated heterocycles. The van der Waals surface area contributed by atoms with Gasteiger partial charge < -0.3 is 76.2 Å². The Morgan fingerprint density at radius 3 is 1.07 bits per heavy atom. The first-order valence-electron chi connectivity index (χ1n) is 34.2. The van der Waals surface area contributed by atoms with Gasteiger partial charge in [-0.15, -0.1) is 0 Å². The summed E-state index contributed by atoms with van der Waals surface area (Å²) in [6.07, 6.45) is 0.928. The number of nitrogens with one attached hydrogen (secondary N) is 2. The smallest absolute Gasteiger partial charge is 0.303 e. The lowest BCUT2D eigenvalue weighted by Crippen LogP contribution is -2.49. The van der Waals surface area contributed by atoms with Crippen LogP contribution in [0.4, 0.5) is 0 Å². The van der Waals surface area contributed by atoms with E-state index in [9.17, 15) is 91.4 Å². The molecule has 0 rings (SSSR count). The Morgan fingerprint density at radius 1 is 0.363 bits per heavy atom. The molecule has 102 heavy (non-hydrogen) atoms. The number of likely N-dealkylation sites (N-methyl/N-ethyl adjacent to an activating group) is 10. The van der Waals surface area contributed by atoms with Crippen LogP contribution in [0.25, 0.3) is 0 Å². The fourth-order valence-corrected chi connectivity index (χ4v) is 10.0. The van der Waals surface area contributed by atoms with Gasteiger partial charge >= 0.3 is 5.97 Å². The molecular weight excluding hydrogens is 1330 g/mol. The Kier molecular flexibility index (Phi) is 42.7. The maximum Gasteiger partial charge on any atom is 0.303 e. The number of amides is 12. The van der Waals surface area contributed by atoms with Gasteiger partial charge in [-0.05, 0) is 44.9 Å². The fraction of sp³-hybridized carbons (Fsp3) is 0.721. The van der Waals surface area contributed by atoms with Gasteiger partial charge in [-0.25, -0.2) is 0 Å². The lowest BCUT2D eigenvalue weighted by Gasteiger charge is -2.27. The minimum atomic E-state index is -1.18. The molecule has 0 aromatic rings. The second-order valence-electron chi connectivity index (χ2n) is 27.4. The van der Waals surface area contributed by atoms with E-state index in [-0.39, 0.29) is 99.7 Å². The zero-order chi connectivity index (χ0) is 78.6. The van der Waals surface area contributed by atoms with Gasteiger partial charge in [-0.1, -0.05) is 48.0 Å². The molecule has 7 N–H and O–H groups in total. The Morgan fingerprint density at radius 2 is 0.716 bits per heavy atom.